The number of nitrogens with zero attached hydrogens (tertiary/aromatic N) is 2. The molecule has 1 heterocycles. The summed E-state index contributed by atoms with van der Waals surface area (Å²) in [5.41, 5.74) is 2.53. The number of Topliss-reactive ketones (excluding diaryl/α,β-unsaturated/α-hetero) is 1. The number of aromatic nitrogens is 2. The van der Waals surface area contributed by atoms with E-state index in [1.807, 2.05) is 13.8 Å². The summed E-state index contributed by atoms with van der Waals surface area (Å²) in [4.78, 5) is 22.6. The van der Waals surface area contributed by atoms with Crippen LogP contribution in [0.1, 0.15) is 71.5 Å². The van der Waals surface area contributed by atoms with E-state index in [9.17, 15) is 4.79 Å². The lowest BCUT2D eigenvalue weighted by Gasteiger charge is -2.48. The second kappa shape index (κ2) is 6.92. The first-order chi connectivity index (χ1) is 12.6. The summed E-state index contributed by atoms with van der Waals surface area (Å²) in [6.07, 6.45) is 4.07. The predicted octanol–water partition coefficient (Wildman–Crippen LogP) is 4.13. The van der Waals surface area contributed by atoms with Crippen molar-refractivity contribution in [3.8, 4) is 5.88 Å². The summed E-state index contributed by atoms with van der Waals surface area (Å²) in [6, 6.07) is 0. The summed E-state index contributed by atoms with van der Waals surface area (Å²) in [7, 11) is 1.60. The van der Waals surface area contributed by atoms with E-state index in [0.717, 1.165) is 35.5 Å². The quantitative estimate of drug-likeness (QED) is 0.590. The molecular weight excluding hydrogens is 340 g/mol. The number of allylic oxidation sites excluding steroid dienone is 1. The zero-order valence-corrected chi connectivity index (χ0v) is 17.7. The van der Waals surface area contributed by atoms with Gasteiger partial charge in [-0.3, -0.25) is 4.79 Å². The number of ketones is 1. The number of hydrogen-bond donors (Lipinski definition) is 0. The molecule has 0 unspecified atom stereocenters. The highest BCUT2D eigenvalue weighted by Crippen LogP contribution is 2.53. The van der Waals surface area contributed by atoms with Gasteiger partial charge in [-0.25, -0.2) is 4.98 Å². The normalized spacial score (nSPS) is 29.3. The van der Waals surface area contributed by atoms with Crippen LogP contribution in [0, 0.1) is 11.8 Å². The Labute approximate surface area is 162 Å². The molecule has 1 aromatic rings. The Morgan fingerprint density at radius 2 is 2.00 bits per heavy atom. The van der Waals surface area contributed by atoms with Crippen molar-refractivity contribution in [3.63, 3.8) is 0 Å². The van der Waals surface area contributed by atoms with Crippen molar-refractivity contribution in [1.82, 2.24) is 9.97 Å². The first-order valence-electron chi connectivity index (χ1n) is 9.94. The minimum absolute atomic E-state index is 0.0399. The number of hydrogen-bond acceptors (Lipinski definition) is 5. The largest absolute Gasteiger partial charge is 0.504 e. The SMILES string of the molecule is CCOc1nc(C(C)(C)C)nc2c1CC[C@H]1[C@H](C)C(=O)/C(=C\OC)C[C@]21C. The molecule has 3 rings (SSSR count). The lowest BCUT2D eigenvalue weighted by Crippen LogP contribution is -2.48. The predicted molar refractivity (Wildman–Crippen MR) is 105 cm³/mol. The summed E-state index contributed by atoms with van der Waals surface area (Å²) in [5.74, 6) is 1.95. The van der Waals surface area contributed by atoms with E-state index in [1.165, 1.54) is 0 Å². The van der Waals surface area contributed by atoms with Gasteiger partial charge in [0.25, 0.3) is 0 Å². The highest BCUT2D eigenvalue weighted by atomic mass is 16.5. The van der Waals surface area contributed by atoms with Crippen molar-refractivity contribution >= 4 is 5.78 Å². The van der Waals surface area contributed by atoms with Crippen molar-refractivity contribution < 1.29 is 14.3 Å². The van der Waals surface area contributed by atoms with Gasteiger partial charge in [0, 0.05) is 27.9 Å². The molecule has 0 spiro atoms. The van der Waals surface area contributed by atoms with Crippen LogP contribution in [0.25, 0.3) is 0 Å². The lowest BCUT2D eigenvalue weighted by molar-refractivity contribution is -0.124. The fraction of sp³-hybridized carbons (Fsp3) is 0.682. The van der Waals surface area contributed by atoms with Gasteiger partial charge < -0.3 is 9.47 Å². The molecule has 1 fully saturated rings. The summed E-state index contributed by atoms with van der Waals surface area (Å²) in [5, 5.41) is 0. The molecule has 27 heavy (non-hydrogen) atoms. The van der Waals surface area contributed by atoms with Crippen molar-refractivity contribution in [2.75, 3.05) is 13.7 Å². The van der Waals surface area contributed by atoms with Crippen LogP contribution in [0.2, 0.25) is 0 Å². The third kappa shape index (κ3) is 3.26. The molecule has 0 aliphatic heterocycles. The van der Waals surface area contributed by atoms with Gasteiger partial charge >= 0.3 is 0 Å². The van der Waals surface area contributed by atoms with Gasteiger partial charge in [0.1, 0.15) is 5.82 Å². The van der Waals surface area contributed by atoms with Crippen molar-refractivity contribution in [2.45, 2.75) is 71.6 Å². The van der Waals surface area contributed by atoms with E-state index >= 15 is 0 Å². The van der Waals surface area contributed by atoms with Crippen LogP contribution in [0.4, 0.5) is 0 Å². The molecule has 3 atom stereocenters. The Balaban J connectivity index is 2.21. The molecule has 0 radical (unpaired) electrons. The van der Waals surface area contributed by atoms with Crippen LogP contribution >= 0.6 is 0 Å². The maximum absolute atomic E-state index is 12.8. The van der Waals surface area contributed by atoms with E-state index in [2.05, 4.69) is 27.7 Å². The Bertz CT molecular complexity index is 778. The van der Waals surface area contributed by atoms with Gasteiger partial charge in [0.15, 0.2) is 5.78 Å². The van der Waals surface area contributed by atoms with Crippen LogP contribution in [-0.4, -0.2) is 29.5 Å². The van der Waals surface area contributed by atoms with Crippen LogP contribution in [0.3, 0.4) is 0 Å². The lowest BCUT2D eigenvalue weighted by atomic mass is 9.55. The molecule has 148 valence electrons. The van der Waals surface area contributed by atoms with Crippen LogP contribution in [0.5, 0.6) is 5.88 Å². The number of ether oxygens (including phenoxy) is 2. The van der Waals surface area contributed by atoms with E-state index in [0.29, 0.717) is 18.9 Å². The maximum atomic E-state index is 12.8. The number of carbonyl (C=O) groups is 1. The average molecular weight is 373 g/mol. The Kier molecular flexibility index (Phi) is 5.08. The monoisotopic (exact) mass is 372 g/mol. The van der Waals surface area contributed by atoms with Crippen molar-refractivity contribution in [2.24, 2.45) is 11.8 Å². The standard InChI is InChI=1S/C22H32N2O3/c1-8-27-19-15-9-10-16-13(2)17(25)14(12-26-7)11-22(16,6)18(15)23-20(24-19)21(3,4)5/h12-13,16H,8-11H2,1-7H3/b14-12-/t13-,16-,22-/m0/s1. The van der Waals surface area contributed by atoms with Crippen molar-refractivity contribution in [1.29, 1.82) is 0 Å². The van der Waals surface area contributed by atoms with E-state index in [4.69, 9.17) is 19.4 Å². The van der Waals surface area contributed by atoms with E-state index in [1.54, 1.807) is 13.4 Å². The minimum Gasteiger partial charge on any atom is -0.504 e. The second-order valence-corrected chi connectivity index (χ2v) is 9.13. The van der Waals surface area contributed by atoms with E-state index < -0.39 is 0 Å². The van der Waals surface area contributed by atoms with E-state index in [-0.39, 0.29) is 28.4 Å². The highest BCUT2D eigenvalue weighted by molar-refractivity contribution is 5.98. The molecule has 5 nitrogen and oxygen atoms in total. The molecule has 2 aliphatic carbocycles. The number of rotatable bonds is 3. The zero-order chi connectivity index (χ0) is 20.0. The molecule has 0 amide bonds. The summed E-state index contributed by atoms with van der Waals surface area (Å²) >= 11 is 0. The maximum Gasteiger partial charge on any atom is 0.220 e. The smallest absolute Gasteiger partial charge is 0.220 e. The van der Waals surface area contributed by atoms with Gasteiger partial charge in [-0.15, -0.1) is 0 Å². The first-order valence-corrected chi connectivity index (χ1v) is 9.94. The number of carbonyl (C=O) groups excluding carboxylic acids is 1. The van der Waals surface area contributed by atoms with Gasteiger partial charge in [0.05, 0.1) is 25.7 Å². The van der Waals surface area contributed by atoms with Crippen molar-refractivity contribution in [3.05, 3.63) is 28.9 Å². The Morgan fingerprint density at radius 3 is 2.59 bits per heavy atom. The molecule has 1 aromatic heterocycles. The molecular formula is C22H32N2O3. The fourth-order valence-corrected chi connectivity index (χ4v) is 4.76. The molecule has 0 bridgehead atoms. The molecule has 2 aliphatic rings. The average Bonchev–Trinajstić information content (AvgIpc) is 2.59. The molecule has 1 saturated carbocycles. The van der Waals surface area contributed by atoms with Gasteiger partial charge in [-0.2, -0.15) is 4.98 Å². The fourth-order valence-electron chi connectivity index (χ4n) is 4.76. The Morgan fingerprint density at radius 1 is 1.30 bits per heavy atom. The van der Waals surface area contributed by atoms with Gasteiger partial charge in [-0.1, -0.05) is 34.6 Å². The number of methoxy groups -OCH3 is 1. The summed E-state index contributed by atoms with van der Waals surface area (Å²) < 4.78 is 11.1. The van der Waals surface area contributed by atoms with Crippen LogP contribution < -0.4 is 4.74 Å². The zero-order valence-electron chi connectivity index (χ0n) is 17.7. The third-order valence-electron chi connectivity index (χ3n) is 6.14. The van der Waals surface area contributed by atoms with Gasteiger partial charge in [0.2, 0.25) is 5.88 Å². The topological polar surface area (TPSA) is 61.3 Å². The van der Waals surface area contributed by atoms with Gasteiger partial charge in [-0.05, 0) is 32.1 Å². The summed E-state index contributed by atoms with van der Waals surface area (Å²) in [6.45, 7) is 13.2. The molecule has 0 saturated heterocycles. The minimum atomic E-state index is -0.222. The first kappa shape index (κ1) is 19.8. The van der Waals surface area contributed by atoms with Crippen LogP contribution in [-0.2, 0) is 26.8 Å². The molecule has 5 heteroatoms. The second-order valence-electron chi connectivity index (χ2n) is 9.13. The third-order valence-corrected chi connectivity index (χ3v) is 6.14. The number of fused-ring (bicyclic) bond motifs is 3. The highest BCUT2D eigenvalue weighted by Gasteiger charge is 2.52. The Hall–Kier alpha value is -1.91. The molecule has 0 N–H and O–H groups in total. The molecule has 0 aromatic carbocycles. The van der Waals surface area contributed by atoms with Crippen LogP contribution in [0.15, 0.2) is 11.8 Å².